The van der Waals surface area contributed by atoms with Crippen molar-refractivity contribution in [2.24, 2.45) is 0 Å². The van der Waals surface area contributed by atoms with Crippen LogP contribution in [0.25, 0.3) is 0 Å². The minimum Gasteiger partial charge on any atom is -0.449 e. The highest BCUT2D eigenvalue weighted by molar-refractivity contribution is 5.84. The number of para-hydroxylation sites is 2. The molecule has 0 radical (unpaired) electrons. The quantitative estimate of drug-likeness (QED) is 0.410. The minimum absolute atomic E-state index is 0.366. The fourth-order valence-corrected chi connectivity index (χ4v) is 3.41. The smallest absolute Gasteiger partial charge is 0.449 e. The Bertz CT molecular complexity index is 952. The predicted molar refractivity (Wildman–Crippen MR) is 117 cm³/mol. The minimum atomic E-state index is -5.96. The van der Waals surface area contributed by atoms with Crippen molar-refractivity contribution in [3.63, 3.8) is 0 Å². The van der Waals surface area contributed by atoms with E-state index >= 15 is 0 Å². The number of carbonyl (C=O) groups is 2. The molecule has 1 heterocycles. The lowest BCUT2D eigenvalue weighted by Crippen LogP contribution is -2.58. The van der Waals surface area contributed by atoms with Crippen molar-refractivity contribution < 1.29 is 54.9 Å². The average Bonchev–Trinajstić information content (AvgIpc) is 3.21. The molecule has 8 nitrogen and oxygen atoms in total. The SMILES string of the molecule is O=C(Nc1ccccc1)OCCC1OC(C(F)(F)F)(C(F)(F)F)OC1CCOC(=O)Nc1ccccc1. The summed E-state index contributed by atoms with van der Waals surface area (Å²) in [6.45, 7) is -1.16. The molecule has 3 rings (SSSR count). The van der Waals surface area contributed by atoms with Crippen LogP contribution in [0.5, 0.6) is 0 Å². The first kappa shape index (κ1) is 28.1. The maximum atomic E-state index is 13.5. The number of nitrogens with one attached hydrogen (secondary N) is 2. The fraction of sp³-hybridized carbons (Fsp3) is 0.391. The number of benzene rings is 2. The number of alkyl halides is 6. The molecule has 2 amide bonds. The molecule has 0 bridgehead atoms. The second-order valence-corrected chi connectivity index (χ2v) is 7.76. The van der Waals surface area contributed by atoms with E-state index in [2.05, 4.69) is 20.1 Å². The molecule has 2 N–H and O–H groups in total. The number of hydrogen-bond donors (Lipinski definition) is 2. The van der Waals surface area contributed by atoms with Crippen molar-refractivity contribution in [2.45, 2.75) is 43.2 Å². The molecule has 2 aromatic carbocycles. The Hall–Kier alpha value is -3.52. The van der Waals surface area contributed by atoms with Crippen LogP contribution < -0.4 is 10.6 Å². The van der Waals surface area contributed by atoms with Crippen LogP contribution in [0.4, 0.5) is 47.3 Å². The van der Waals surface area contributed by atoms with Gasteiger partial charge < -0.3 is 18.9 Å². The molecule has 2 atom stereocenters. The van der Waals surface area contributed by atoms with Gasteiger partial charge in [-0.05, 0) is 24.3 Å². The van der Waals surface area contributed by atoms with Gasteiger partial charge in [-0.15, -0.1) is 0 Å². The number of ether oxygens (including phenoxy) is 4. The Balaban J connectivity index is 1.61. The number of hydrogen-bond acceptors (Lipinski definition) is 6. The highest BCUT2D eigenvalue weighted by Crippen LogP contribution is 2.52. The Morgan fingerprint density at radius 2 is 1.05 bits per heavy atom. The van der Waals surface area contributed by atoms with Gasteiger partial charge in [-0.2, -0.15) is 26.3 Å². The summed E-state index contributed by atoms with van der Waals surface area (Å²) in [7, 11) is 0. The summed E-state index contributed by atoms with van der Waals surface area (Å²) in [4.78, 5) is 23.8. The molecule has 2 aromatic rings. The van der Waals surface area contributed by atoms with E-state index in [0.717, 1.165) is 0 Å². The molecule has 0 aliphatic carbocycles. The van der Waals surface area contributed by atoms with Gasteiger partial charge in [0, 0.05) is 24.2 Å². The van der Waals surface area contributed by atoms with Gasteiger partial charge >= 0.3 is 30.3 Å². The second-order valence-electron chi connectivity index (χ2n) is 7.76. The second kappa shape index (κ2) is 11.7. The lowest BCUT2D eigenvalue weighted by Gasteiger charge is -2.31. The normalized spacial score (nSPS) is 19.2. The maximum Gasteiger partial charge on any atom is 0.453 e. The molecule has 37 heavy (non-hydrogen) atoms. The Morgan fingerprint density at radius 3 is 1.38 bits per heavy atom. The van der Waals surface area contributed by atoms with Crippen molar-refractivity contribution in [1.82, 2.24) is 0 Å². The van der Waals surface area contributed by atoms with E-state index in [9.17, 15) is 35.9 Å². The molecular formula is C23H22F6N2O6. The van der Waals surface area contributed by atoms with Crippen LogP contribution in [0.1, 0.15) is 12.8 Å². The Labute approximate surface area is 206 Å². The fourth-order valence-electron chi connectivity index (χ4n) is 3.41. The van der Waals surface area contributed by atoms with Gasteiger partial charge in [0.25, 0.3) is 0 Å². The third-order valence-corrected chi connectivity index (χ3v) is 5.11. The van der Waals surface area contributed by atoms with Gasteiger partial charge in [0.1, 0.15) is 0 Å². The Kier molecular flexibility index (Phi) is 8.86. The van der Waals surface area contributed by atoms with E-state index < -0.39 is 68.6 Å². The van der Waals surface area contributed by atoms with Gasteiger partial charge in [0.05, 0.1) is 25.4 Å². The monoisotopic (exact) mass is 536 g/mol. The molecule has 14 heteroatoms. The standard InChI is InChI=1S/C23H22F6N2O6/c24-22(25,26)21(23(27,28)29)36-17(11-13-34-19(32)30-15-7-3-1-4-8-15)18(37-21)12-14-35-20(33)31-16-9-5-2-6-10-16/h1-10,17-18H,11-14H2,(H,30,32)(H,31,33). The largest absolute Gasteiger partial charge is 0.453 e. The van der Waals surface area contributed by atoms with E-state index in [-0.39, 0.29) is 0 Å². The highest BCUT2D eigenvalue weighted by Gasteiger charge is 2.78. The summed E-state index contributed by atoms with van der Waals surface area (Å²) in [5.74, 6) is -4.88. The van der Waals surface area contributed by atoms with Crippen LogP contribution in [0.2, 0.25) is 0 Å². The van der Waals surface area contributed by atoms with Crippen molar-refractivity contribution in [1.29, 1.82) is 0 Å². The lowest BCUT2D eigenvalue weighted by atomic mass is 10.1. The third-order valence-electron chi connectivity index (χ3n) is 5.11. The van der Waals surface area contributed by atoms with E-state index in [4.69, 9.17) is 9.47 Å². The van der Waals surface area contributed by atoms with Crippen LogP contribution in [-0.4, -0.2) is 55.7 Å². The summed E-state index contributed by atoms with van der Waals surface area (Å²) < 4.78 is 99.4. The van der Waals surface area contributed by atoms with E-state index in [1.165, 1.54) is 0 Å². The summed E-state index contributed by atoms with van der Waals surface area (Å²) >= 11 is 0. The zero-order chi connectivity index (χ0) is 27.1. The van der Waals surface area contributed by atoms with E-state index in [1.54, 1.807) is 60.7 Å². The van der Waals surface area contributed by atoms with Crippen LogP contribution in [0.15, 0.2) is 60.7 Å². The van der Waals surface area contributed by atoms with Crippen LogP contribution in [0.3, 0.4) is 0 Å². The summed E-state index contributed by atoms with van der Waals surface area (Å²) in [5, 5.41) is 4.70. The van der Waals surface area contributed by atoms with Gasteiger partial charge in [-0.3, -0.25) is 10.6 Å². The first-order valence-corrected chi connectivity index (χ1v) is 10.9. The first-order chi connectivity index (χ1) is 17.4. The van der Waals surface area contributed by atoms with Crippen molar-refractivity contribution >= 4 is 23.6 Å². The zero-order valence-corrected chi connectivity index (χ0v) is 19.0. The summed E-state index contributed by atoms with van der Waals surface area (Å²) in [5.41, 5.74) is 0.731. The summed E-state index contributed by atoms with van der Waals surface area (Å²) in [6.07, 6.45) is -18.6. The molecule has 0 spiro atoms. The number of amides is 2. The van der Waals surface area contributed by atoms with Crippen LogP contribution >= 0.6 is 0 Å². The number of halogens is 6. The van der Waals surface area contributed by atoms with Gasteiger partial charge in [0.2, 0.25) is 0 Å². The molecule has 0 saturated carbocycles. The number of carbonyl (C=O) groups excluding carboxylic acids is 2. The molecular weight excluding hydrogens is 514 g/mol. The zero-order valence-electron chi connectivity index (χ0n) is 19.0. The molecule has 1 aliphatic rings. The van der Waals surface area contributed by atoms with E-state index in [1.807, 2.05) is 0 Å². The van der Waals surface area contributed by atoms with Crippen molar-refractivity contribution in [3.8, 4) is 0 Å². The molecule has 1 fully saturated rings. The van der Waals surface area contributed by atoms with Gasteiger partial charge in [-0.1, -0.05) is 36.4 Å². The van der Waals surface area contributed by atoms with Gasteiger partial charge in [-0.25, -0.2) is 9.59 Å². The third kappa shape index (κ3) is 7.26. The van der Waals surface area contributed by atoms with E-state index in [0.29, 0.717) is 11.4 Å². The molecule has 202 valence electrons. The van der Waals surface area contributed by atoms with Crippen LogP contribution in [0, 0.1) is 0 Å². The molecule has 1 saturated heterocycles. The summed E-state index contributed by atoms with van der Waals surface area (Å²) in [6, 6.07) is 16.0. The van der Waals surface area contributed by atoms with Crippen molar-refractivity contribution in [3.05, 3.63) is 60.7 Å². The predicted octanol–water partition coefficient (Wildman–Crippen LogP) is 5.87. The topological polar surface area (TPSA) is 95.1 Å². The molecule has 0 aromatic heterocycles. The maximum absolute atomic E-state index is 13.5. The number of anilines is 2. The number of rotatable bonds is 8. The lowest BCUT2D eigenvalue weighted by molar-refractivity contribution is -0.446. The van der Waals surface area contributed by atoms with Crippen molar-refractivity contribution in [2.75, 3.05) is 23.8 Å². The average molecular weight is 536 g/mol. The Morgan fingerprint density at radius 1 is 0.703 bits per heavy atom. The van der Waals surface area contributed by atoms with Crippen LogP contribution in [-0.2, 0) is 18.9 Å². The molecule has 2 unspecified atom stereocenters. The first-order valence-electron chi connectivity index (χ1n) is 10.9. The van der Waals surface area contributed by atoms with Gasteiger partial charge in [0.15, 0.2) is 0 Å². The highest BCUT2D eigenvalue weighted by atomic mass is 19.4. The molecule has 1 aliphatic heterocycles.